The van der Waals surface area contributed by atoms with Gasteiger partial charge >= 0.3 is 0 Å². The number of thiazole rings is 1. The third-order valence-electron chi connectivity index (χ3n) is 3.21. The van der Waals surface area contributed by atoms with E-state index in [2.05, 4.69) is 35.4 Å². The normalized spacial score (nSPS) is 15.6. The molecule has 0 spiro atoms. The summed E-state index contributed by atoms with van der Waals surface area (Å²) < 4.78 is 1.31. The average Bonchev–Trinajstić information content (AvgIpc) is 3.05. The number of aryl methyl sites for hydroxylation is 2. The van der Waals surface area contributed by atoms with Gasteiger partial charge < -0.3 is 5.32 Å². The number of nitrogens with one attached hydrogen (secondary N) is 1. The van der Waals surface area contributed by atoms with Gasteiger partial charge in [0.15, 0.2) is 0 Å². The highest BCUT2D eigenvalue weighted by atomic mass is 32.1. The molecule has 3 rings (SSSR count). The lowest BCUT2D eigenvalue weighted by Crippen LogP contribution is -2.17. The van der Waals surface area contributed by atoms with Gasteiger partial charge in [-0.3, -0.25) is 0 Å². The van der Waals surface area contributed by atoms with Gasteiger partial charge in [-0.1, -0.05) is 6.07 Å². The molecule has 1 aromatic heterocycles. The van der Waals surface area contributed by atoms with Crippen LogP contribution in [0.2, 0.25) is 0 Å². The molecule has 3 heteroatoms. The molecular weight excluding hydrogens is 228 g/mol. The Morgan fingerprint density at radius 3 is 3.12 bits per heavy atom. The summed E-state index contributed by atoms with van der Waals surface area (Å²) in [5.74, 6) is 0. The van der Waals surface area contributed by atoms with Gasteiger partial charge in [0, 0.05) is 6.04 Å². The molecular formula is C14H18N2S. The molecule has 1 saturated carbocycles. The van der Waals surface area contributed by atoms with Gasteiger partial charge in [0.1, 0.15) is 0 Å². The molecule has 1 N–H and O–H groups in total. The first-order valence-corrected chi connectivity index (χ1v) is 7.22. The number of rotatable bonds is 5. The largest absolute Gasteiger partial charge is 0.314 e. The first-order valence-electron chi connectivity index (χ1n) is 6.41. The van der Waals surface area contributed by atoms with Crippen molar-refractivity contribution in [2.24, 2.45) is 0 Å². The van der Waals surface area contributed by atoms with E-state index >= 15 is 0 Å². The maximum atomic E-state index is 4.54. The molecule has 0 radical (unpaired) electrons. The summed E-state index contributed by atoms with van der Waals surface area (Å²) in [6.45, 7) is 3.22. The number of aromatic nitrogens is 1. The van der Waals surface area contributed by atoms with E-state index in [0.717, 1.165) is 24.0 Å². The van der Waals surface area contributed by atoms with Crippen molar-refractivity contribution in [2.75, 3.05) is 6.54 Å². The number of fused-ring (bicyclic) bond motifs is 1. The standard InChI is InChI=1S/C14H18N2S/c1-10-16-13-9-11(4-7-14(13)17-10)3-2-8-15-12-5-6-12/h4,7,9,12,15H,2-3,5-6,8H2,1H3. The van der Waals surface area contributed by atoms with Crippen molar-refractivity contribution < 1.29 is 0 Å². The fourth-order valence-corrected chi connectivity index (χ4v) is 2.94. The van der Waals surface area contributed by atoms with Crippen LogP contribution in [0, 0.1) is 6.92 Å². The first-order chi connectivity index (χ1) is 8.31. The van der Waals surface area contributed by atoms with Gasteiger partial charge in [0.2, 0.25) is 0 Å². The zero-order valence-electron chi connectivity index (χ0n) is 10.2. The Bertz CT molecular complexity index is 514. The predicted octanol–water partition coefficient (Wildman–Crippen LogP) is 3.29. The predicted molar refractivity (Wildman–Crippen MR) is 73.7 cm³/mol. The van der Waals surface area contributed by atoms with E-state index in [1.807, 2.05) is 0 Å². The van der Waals surface area contributed by atoms with Crippen LogP contribution in [-0.4, -0.2) is 17.6 Å². The van der Waals surface area contributed by atoms with Gasteiger partial charge in [-0.15, -0.1) is 11.3 Å². The molecule has 1 fully saturated rings. The second-order valence-electron chi connectivity index (χ2n) is 4.87. The fourth-order valence-electron chi connectivity index (χ4n) is 2.13. The summed E-state index contributed by atoms with van der Waals surface area (Å²) in [5.41, 5.74) is 2.58. The summed E-state index contributed by atoms with van der Waals surface area (Å²) >= 11 is 1.78. The van der Waals surface area contributed by atoms with E-state index in [4.69, 9.17) is 0 Å². The SMILES string of the molecule is Cc1nc2cc(CCCNC3CC3)ccc2s1. The quantitative estimate of drug-likeness (QED) is 0.819. The third-order valence-corrected chi connectivity index (χ3v) is 4.16. The number of benzene rings is 1. The van der Waals surface area contributed by atoms with Crippen LogP contribution in [0.1, 0.15) is 29.8 Å². The summed E-state index contributed by atoms with van der Waals surface area (Å²) in [6, 6.07) is 7.54. The van der Waals surface area contributed by atoms with E-state index in [1.165, 1.54) is 35.0 Å². The van der Waals surface area contributed by atoms with Crippen LogP contribution in [0.4, 0.5) is 0 Å². The molecule has 1 heterocycles. The minimum Gasteiger partial charge on any atom is -0.314 e. The molecule has 0 bridgehead atoms. The van der Waals surface area contributed by atoms with Crippen LogP contribution >= 0.6 is 11.3 Å². The molecule has 0 unspecified atom stereocenters. The van der Waals surface area contributed by atoms with Gasteiger partial charge in [0.05, 0.1) is 15.2 Å². The van der Waals surface area contributed by atoms with Crippen LogP contribution in [0.25, 0.3) is 10.2 Å². The molecule has 1 aromatic carbocycles. The lowest BCUT2D eigenvalue weighted by Gasteiger charge is -2.03. The van der Waals surface area contributed by atoms with Crippen molar-refractivity contribution in [1.29, 1.82) is 0 Å². The fraction of sp³-hybridized carbons (Fsp3) is 0.500. The molecule has 1 aliphatic rings. The van der Waals surface area contributed by atoms with E-state index in [1.54, 1.807) is 11.3 Å². The average molecular weight is 246 g/mol. The van der Waals surface area contributed by atoms with Crippen LogP contribution in [0.15, 0.2) is 18.2 Å². The lowest BCUT2D eigenvalue weighted by atomic mass is 10.1. The smallest absolute Gasteiger partial charge is 0.0907 e. The summed E-state index contributed by atoms with van der Waals surface area (Å²) in [7, 11) is 0. The first kappa shape index (κ1) is 11.2. The Kier molecular flexibility index (Phi) is 3.12. The highest BCUT2D eigenvalue weighted by molar-refractivity contribution is 7.18. The molecule has 0 saturated heterocycles. The molecule has 1 aliphatic carbocycles. The Morgan fingerprint density at radius 1 is 1.41 bits per heavy atom. The van der Waals surface area contributed by atoms with Crippen molar-refractivity contribution >= 4 is 21.6 Å². The van der Waals surface area contributed by atoms with Crippen LogP contribution in [-0.2, 0) is 6.42 Å². The Balaban J connectivity index is 1.59. The summed E-state index contributed by atoms with van der Waals surface area (Å²) in [6.07, 6.45) is 5.14. The second-order valence-corrected chi connectivity index (χ2v) is 6.10. The van der Waals surface area contributed by atoms with Gasteiger partial charge in [-0.25, -0.2) is 4.98 Å². The number of hydrogen-bond donors (Lipinski definition) is 1. The van der Waals surface area contributed by atoms with Crippen LogP contribution < -0.4 is 5.32 Å². The lowest BCUT2D eigenvalue weighted by molar-refractivity contribution is 0.646. The molecule has 0 amide bonds. The molecule has 17 heavy (non-hydrogen) atoms. The maximum Gasteiger partial charge on any atom is 0.0907 e. The zero-order valence-corrected chi connectivity index (χ0v) is 11.0. The van der Waals surface area contributed by atoms with E-state index in [9.17, 15) is 0 Å². The van der Waals surface area contributed by atoms with Crippen LogP contribution in [0.3, 0.4) is 0 Å². The van der Waals surface area contributed by atoms with Crippen molar-refractivity contribution in [3.8, 4) is 0 Å². The summed E-state index contributed by atoms with van der Waals surface area (Å²) in [5, 5.41) is 4.71. The minimum atomic E-state index is 0.832. The number of nitrogens with zero attached hydrogens (tertiary/aromatic N) is 1. The Labute approximate surface area is 106 Å². The van der Waals surface area contributed by atoms with Gasteiger partial charge in [-0.2, -0.15) is 0 Å². The van der Waals surface area contributed by atoms with E-state index < -0.39 is 0 Å². The third kappa shape index (κ3) is 2.85. The molecule has 0 aliphatic heterocycles. The molecule has 0 atom stereocenters. The summed E-state index contributed by atoms with van der Waals surface area (Å²) in [4.78, 5) is 4.54. The zero-order chi connectivity index (χ0) is 11.7. The second kappa shape index (κ2) is 4.75. The topological polar surface area (TPSA) is 24.9 Å². The highest BCUT2D eigenvalue weighted by Crippen LogP contribution is 2.23. The molecule has 2 aromatic rings. The van der Waals surface area contributed by atoms with E-state index in [-0.39, 0.29) is 0 Å². The van der Waals surface area contributed by atoms with Gasteiger partial charge in [-0.05, 0) is 56.8 Å². The van der Waals surface area contributed by atoms with Crippen molar-refractivity contribution in [3.05, 3.63) is 28.8 Å². The van der Waals surface area contributed by atoms with Gasteiger partial charge in [0.25, 0.3) is 0 Å². The highest BCUT2D eigenvalue weighted by Gasteiger charge is 2.19. The Morgan fingerprint density at radius 2 is 2.29 bits per heavy atom. The maximum absolute atomic E-state index is 4.54. The number of hydrogen-bond acceptors (Lipinski definition) is 3. The molecule has 2 nitrogen and oxygen atoms in total. The minimum absolute atomic E-state index is 0.832. The van der Waals surface area contributed by atoms with Crippen molar-refractivity contribution in [2.45, 2.75) is 38.6 Å². The molecule has 90 valence electrons. The van der Waals surface area contributed by atoms with Crippen LogP contribution in [0.5, 0.6) is 0 Å². The van der Waals surface area contributed by atoms with Crippen molar-refractivity contribution in [3.63, 3.8) is 0 Å². The van der Waals surface area contributed by atoms with Crippen molar-refractivity contribution in [1.82, 2.24) is 10.3 Å². The monoisotopic (exact) mass is 246 g/mol. The van der Waals surface area contributed by atoms with E-state index in [0.29, 0.717) is 0 Å². The Hall–Kier alpha value is -0.930.